The van der Waals surface area contributed by atoms with Gasteiger partial charge in [-0.15, -0.1) is 0 Å². The van der Waals surface area contributed by atoms with Crippen LogP contribution in [0.15, 0.2) is 97.3 Å². The predicted octanol–water partition coefficient (Wildman–Crippen LogP) is 6.70. The van der Waals surface area contributed by atoms with E-state index in [1.165, 1.54) is 0 Å². The third-order valence-electron chi connectivity index (χ3n) is 5.50. The molecule has 4 aromatic rings. The van der Waals surface area contributed by atoms with E-state index in [0.29, 0.717) is 15.6 Å². The van der Waals surface area contributed by atoms with Crippen LogP contribution in [0.1, 0.15) is 39.0 Å². The highest BCUT2D eigenvalue weighted by atomic mass is 35.5. The molecule has 0 aliphatic rings. The number of carbonyl (C=O) groups is 1. The summed E-state index contributed by atoms with van der Waals surface area (Å²) in [6.07, 6.45) is 3.37. The summed E-state index contributed by atoms with van der Waals surface area (Å²) in [4.78, 5) is 18.0. The second-order valence-electron chi connectivity index (χ2n) is 7.64. The van der Waals surface area contributed by atoms with Crippen molar-refractivity contribution in [2.45, 2.75) is 18.6 Å². The maximum atomic E-state index is 13.8. The van der Waals surface area contributed by atoms with Gasteiger partial charge < -0.3 is 10.4 Å². The highest BCUT2D eigenvalue weighted by Crippen LogP contribution is 2.38. The van der Waals surface area contributed by atoms with Crippen molar-refractivity contribution >= 4 is 34.7 Å². The van der Waals surface area contributed by atoms with Crippen LogP contribution < -0.4 is 5.32 Å². The fraction of sp³-hybridized carbons (Fsp3) is 0.111. The number of hydrogen-bond donors (Lipinski definition) is 2. The van der Waals surface area contributed by atoms with Crippen molar-refractivity contribution in [2.75, 3.05) is 5.32 Å². The summed E-state index contributed by atoms with van der Waals surface area (Å²) in [5.74, 6) is -0.574. The lowest BCUT2D eigenvalue weighted by Crippen LogP contribution is -2.26. The molecule has 6 heteroatoms. The smallest absolute Gasteiger partial charge is 0.172 e. The highest BCUT2D eigenvalue weighted by Gasteiger charge is 2.32. The lowest BCUT2D eigenvalue weighted by Gasteiger charge is -2.29. The second kappa shape index (κ2) is 10.6. The fourth-order valence-electron chi connectivity index (χ4n) is 3.80. The summed E-state index contributed by atoms with van der Waals surface area (Å²) in [6, 6.07) is 25.4. The maximum absolute atomic E-state index is 13.8. The summed E-state index contributed by atoms with van der Waals surface area (Å²) >= 11 is 12.4. The number of rotatable bonds is 8. The van der Waals surface area contributed by atoms with Crippen LogP contribution in [-0.4, -0.2) is 15.9 Å². The van der Waals surface area contributed by atoms with Gasteiger partial charge in [0.15, 0.2) is 5.78 Å². The second-order valence-corrected chi connectivity index (χ2v) is 8.45. The summed E-state index contributed by atoms with van der Waals surface area (Å²) < 4.78 is 0. The number of benzene rings is 3. The molecule has 0 aliphatic heterocycles. The number of aromatic nitrogens is 1. The van der Waals surface area contributed by atoms with Crippen molar-refractivity contribution in [2.24, 2.45) is 0 Å². The SMILES string of the molecule is O=C(c1ccccc1)C(c1ccncc1)C(Nc1ccc(Cl)c(Cl)c1)c1ccc(CO)cc1. The zero-order chi connectivity index (χ0) is 23.2. The largest absolute Gasteiger partial charge is 0.392 e. The molecule has 33 heavy (non-hydrogen) atoms. The van der Waals surface area contributed by atoms with Crippen LogP contribution in [0.25, 0.3) is 0 Å². The molecule has 0 radical (unpaired) electrons. The van der Waals surface area contributed by atoms with Crippen molar-refractivity contribution in [3.05, 3.63) is 130 Å². The number of anilines is 1. The lowest BCUT2D eigenvalue weighted by molar-refractivity contribution is 0.0950. The Balaban J connectivity index is 1.84. The third kappa shape index (κ3) is 5.42. The minimum atomic E-state index is -0.551. The Hall–Kier alpha value is -3.18. The summed E-state index contributed by atoms with van der Waals surface area (Å²) in [7, 11) is 0. The molecule has 0 amide bonds. The van der Waals surface area contributed by atoms with Gasteiger partial charge in [-0.05, 0) is 47.0 Å². The third-order valence-corrected chi connectivity index (χ3v) is 6.24. The molecule has 0 spiro atoms. The summed E-state index contributed by atoms with van der Waals surface area (Å²) in [5.41, 5.74) is 3.88. The molecular formula is C27H22Cl2N2O2. The van der Waals surface area contributed by atoms with E-state index in [4.69, 9.17) is 23.2 Å². The number of hydrogen-bond acceptors (Lipinski definition) is 4. The standard InChI is InChI=1S/C27H22Cl2N2O2/c28-23-11-10-22(16-24(23)29)31-26(20-8-6-18(17-32)7-9-20)25(19-12-14-30-15-13-19)27(33)21-4-2-1-3-5-21/h1-16,25-26,31-32H,17H2. The summed E-state index contributed by atoms with van der Waals surface area (Å²) in [5, 5.41) is 13.9. The van der Waals surface area contributed by atoms with Gasteiger partial charge in [0.25, 0.3) is 0 Å². The van der Waals surface area contributed by atoms with E-state index < -0.39 is 12.0 Å². The van der Waals surface area contributed by atoms with Gasteiger partial charge in [-0.1, -0.05) is 77.8 Å². The van der Waals surface area contributed by atoms with E-state index in [9.17, 15) is 9.90 Å². The van der Waals surface area contributed by atoms with Crippen LogP contribution in [0.3, 0.4) is 0 Å². The van der Waals surface area contributed by atoms with Gasteiger partial charge in [0.05, 0.1) is 28.6 Å². The van der Waals surface area contributed by atoms with E-state index >= 15 is 0 Å². The van der Waals surface area contributed by atoms with Gasteiger partial charge in [-0.25, -0.2) is 0 Å². The van der Waals surface area contributed by atoms with Gasteiger partial charge >= 0.3 is 0 Å². The topological polar surface area (TPSA) is 62.2 Å². The van der Waals surface area contributed by atoms with Crippen LogP contribution in [-0.2, 0) is 6.61 Å². The van der Waals surface area contributed by atoms with Gasteiger partial charge in [-0.3, -0.25) is 9.78 Å². The number of nitrogens with one attached hydrogen (secondary N) is 1. The fourth-order valence-corrected chi connectivity index (χ4v) is 4.10. The van der Waals surface area contributed by atoms with Crippen LogP contribution in [0.2, 0.25) is 10.0 Å². The number of ketones is 1. The molecule has 0 fully saturated rings. The lowest BCUT2D eigenvalue weighted by atomic mass is 9.81. The van der Waals surface area contributed by atoms with Crippen molar-refractivity contribution in [1.82, 2.24) is 4.98 Å². The molecule has 4 rings (SSSR count). The molecule has 3 aromatic carbocycles. The Bertz CT molecular complexity index is 1220. The molecule has 0 saturated carbocycles. The van der Waals surface area contributed by atoms with Gasteiger partial charge in [0, 0.05) is 23.6 Å². The van der Waals surface area contributed by atoms with Gasteiger partial charge in [0.1, 0.15) is 0 Å². The Morgan fingerprint density at radius 3 is 2.18 bits per heavy atom. The van der Waals surface area contributed by atoms with Crippen molar-refractivity contribution in [3.63, 3.8) is 0 Å². The van der Waals surface area contributed by atoms with Crippen LogP contribution in [0.4, 0.5) is 5.69 Å². The van der Waals surface area contributed by atoms with E-state index in [1.807, 2.05) is 72.8 Å². The quantitative estimate of drug-likeness (QED) is 0.277. The van der Waals surface area contributed by atoms with E-state index in [1.54, 1.807) is 24.5 Å². The number of nitrogens with zero attached hydrogens (tertiary/aromatic N) is 1. The number of halogens is 2. The first-order chi connectivity index (χ1) is 16.1. The molecule has 2 unspecified atom stereocenters. The molecule has 0 bridgehead atoms. The number of aliphatic hydroxyl groups is 1. The Morgan fingerprint density at radius 2 is 1.55 bits per heavy atom. The number of carbonyl (C=O) groups excluding carboxylic acids is 1. The molecule has 0 aliphatic carbocycles. The number of Topliss-reactive ketones (excluding diaryl/α,β-unsaturated/α-hetero) is 1. The minimum absolute atomic E-state index is 0.0226. The first-order valence-corrected chi connectivity index (χ1v) is 11.2. The number of pyridine rings is 1. The Kier molecular flexibility index (Phi) is 7.40. The first-order valence-electron chi connectivity index (χ1n) is 10.5. The van der Waals surface area contributed by atoms with Crippen molar-refractivity contribution in [1.29, 1.82) is 0 Å². The maximum Gasteiger partial charge on any atom is 0.172 e. The zero-order valence-corrected chi connectivity index (χ0v) is 19.2. The van der Waals surface area contributed by atoms with Crippen molar-refractivity contribution < 1.29 is 9.90 Å². The molecular weight excluding hydrogens is 455 g/mol. The molecule has 166 valence electrons. The predicted molar refractivity (Wildman–Crippen MR) is 133 cm³/mol. The van der Waals surface area contributed by atoms with Gasteiger partial charge in [0.2, 0.25) is 0 Å². The molecule has 0 saturated heterocycles. The Morgan fingerprint density at radius 1 is 0.848 bits per heavy atom. The zero-order valence-electron chi connectivity index (χ0n) is 17.7. The van der Waals surface area contributed by atoms with E-state index in [-0.39, 0.29) is 12.4 Å². The minimum Gasteiger partial charge on any atom is -0.392 e. The van der Waals surface area contributed by atoms with E-state index in [0.717, 1.165) is 22.4 Å². The highest BCUT2D eigenvalue weighted by molar-refractivity contribution is 6.42. The average Bonchev–Trinajstić information content (AvgIpc) is 2.87. The van der Waals surface area contributed by atoms with Crippen LogP contribution in [0.5, 0.6) is 0 Å². The molecule has 4 nitrogen and oxygen atoms in total. The average molecular weight is 477 g/mol. The van der Waals surface area contributed by atoms with Crippen LogP contribution >= 0.6 is 23.2 Å². The molecule has 2 N–H and O–H groups in total. The molecule has 1 heterocycles. The van der Waals surface area contributed by atoms with E-state index in [2.05, 4.69) is 10.3 Å². The molecule has 2 atom stereocenters. The Labute approximate surface area is 202 Å². The van der Waals surface area contributed by atoms with Gasteiger partial charge in [-0.2, -0.15) is 0 Å². The normalized spacial score (nSPS) is 12.7. The first kappa shape index (κ1) is 23.0. The summed E-state index contributed by atoms with van der Waals surface area (Å²) in [6.45, 7) is -0.0537. The monoisotopic (exact) mass is 476 g/mol. The van der Waals surface area contributed by atoms with Crippen molar-refractivity contribution in [3.8, 4) is 0 Å². The van der Waals surface area contributed by atoms with Crippen LogP contribution in [0, 0.1) is 0 Å². The molecule has 1 aromatic heterocycles. The number of aliphatic hydroxyl groups excluding tert-OH is 1.